The molecule has 0 aliphatic heterocycles. The van der Waals surface area contributed by atoms with Gasteiger partial charge in [0.25, 0.3) is 10.0 Å². The Hall–Kier alpha value is -2.95. The molecule has 8 heteroatoms. The second-order valence-electron chi connectivity index (χ2n) is 7.96. The minimum Gasteiger partial charge on any atom is -0.497 e. The largest absolute Gasteiger partial charge is 0.497 e. The fraction of sp³-hybridized carbons (Fsp3) is 0.0741. The highest BCUT2D eigenvalue weighted by atomic mass is 127. The van der Waals surface area contributed by atoms with Gasteiger partial charge in [0.1, 0.15) is 10.6 Å². The van der Waals surface area contributed by atoms with Gasteiger partial charge in [-0.2, -0.15) is 0 Å². The summed E-state index contributed by atoms with van der Waals surface area (Å²) in [6.07, 6.45) is 0. The molecule has 0 radical (unpaired) electrons. The number of anilines is 1. The zero-order valence-corrected chi connectivity index (χ0v) is 22.7. The number of sulfonamides is 1. The highest BCUT2D eigenvalue weighted by molar-refractivity contribution is 14.1. The van der Waals surface area contributed by atoms with Crippen molar-refractivity contribution in [2.24, 2.45) is 0 Å². The average Bonchev–Trinajstić information content (AvgIpc) is 3.24. The number of methoxy groups -OCH3 is 1. The molecule has 2 heterocycles. The van der Waals surface area contributed by atoms with E-state index in [1.165, 1.54) is 0 Å². The smallest absolute Gasteiger partial charge is 0.261 e. The molecule has 2 aromatic heterocycles. The van der Waals surface area contributed by atoms with E-state index in [2.05, 4.69) is 39.4 Å². The van der Waals surface area contributed by atoms with E-state index < -0.39 is 10.0 Å². The van der Waals surface area contributed by atoms with Crippen molar-refractivity contribution in [2.45, 2.75) is 11.8 Å². The molecule has 0 aliphatic rings. The maximum absolute atomic E-state index is 13.4. The molecule has 0 aliphatic carbocycles. The Bertz CT molecular complexity index is 1650. The monoisotopic (exact) mass is 612 g/mol. The van der Waals surface area contributed by atoms with Gasteiger partial charge in [-0.1, -0.05) is 48.5 Å². The average molecular weight is 613 g/mol. The quantitative estimate of drug-likeness (QED) is 0.204. The minimum absolute atomic E-state index is 0.216. The molecular weight excluding hydrogens is 591 g/mol. The van der Waals surface area contributed by atoms with Gasteiger partial charge in [0.2, 0.25) is 0 Å². The third-order valence-corrected chi connectivity index (χ3v) is 8.70. The Labute approximate surface area is 222 Å². The first-order valence-electron chi connectivity index (χ1n) is 10.8. The van der Waals surface area contributed by atoms with E-state index in [9.17, 15) is 8.42 Å². The molecule has 0 spiro atoms. The van der Waals surface area contributed by atoms with E-state index in [0.29, 0.717) is 5.69 Å². The normalized spacial score (nSPS) is 11.5. The Morgan fingerprint density at radius 2 is 1.66 bits per heavy atom. The number of rotatable bonds is 6. The number of pyridine rings is 1. The van der Waals surface area contributed by atoms with Gasteiger partial charge in [-0.05, 0) is 77.0 Å². The van der Waals surface area contributed by atoms with Crippen LogP contribution in [0.25, 0.3) is 31.8 Å². The lowest BCUT2D eigenvalue weighted by molar-refractivity contribution is 0.415. The van der Waals surface area contributed by atoms with Crippen molar-refractivity contribution in [3.8, 4) is 27.3 Å². The predicted molar refractivity (Wildman–Crippen MR) is 152 cm³/mol. The van der Waals surface area contributed by atoms with Gasteiger partial charge in [0.05, 0.1) is 17.7 Å². The number of hydrogen-bond acceptors (Lipinski definition) is 5. The van der Waals surface area contributed by atoms with Crippen LogP contribution >= 0.6 is 33.9 Å². The number of nitrogens with zero attached hydrogens (tertiary/aromatic N) is 1. The van der Waals surface area contributed by atoms with Gasteiger partial charge in [0.15, 0.2) is 0 Å². The summed E-state index contributed by atoms with van der Waals surface area (Å²) in [6.45, 7) is 1.87. The molecular formula is C27H21IN2O3S2. The molecule has 0 bridgehead atoms. The summed E-state index contributed by atoms with van der Waals surface area (Å²) in [5.74, 6) is 0.724. The summed E-state index contributed by atoms with van der Waals surface area (Å²) in [7, 11) is -2.18. The molecule has 0 atom stereocenters. The lowest BCUT2D eigenvalue weighted by Gasteiger charge is -2.13. The highest BCUT2D eigenvalue weighted by Gasteiger charge is 2.23. The summed E-state index contributed by atoms with van der Waals surface area (Å²) in [6, 6.07) is 26.5. The number of nitrogens with one attached hydrogen (secondary N) is 1. The van der Waals surface area contributed by atoms with Crippen LogP contribution in [-0.2, 0) is 10.0 Å². The van der Waals surface area contributed by atoms with Crippen LogP contribution in [-0.4, -0.2) is 20.5 Å². The highest BCUT2D eigenvalue weighted by Crippen LogP contribution is 2.47. The van der Waals surface area contributed by atoms with E-state index in [1.807, 2.05) is 55.5 Å². The first-order valence-corrected chi connectivity index (χ1v) is 14.2. The van der Waals surface area contributed by atoms with Crippen molar-refractivity contribution >= 4 is 59.9 Å². The van der Waals surface area contributed by atoms with Gasteiger partial charge >= 0.3 is 0 Å². The maximum Gasteiger partial charge on any atom is 0.261 e. The fourth-order valence-electron chi connectivity index (χ4n) is 3.99. The zero-order chi connectivity index (χ0) is 24.6. The molecule has 0 unspecified atom stereocenters. The van der Waals surface area contributed by atoms with Gasteiger partial charge in [0, 0.05) is 25.1 Å². The molecule has 35 heavy (non-hydrogen) atoms. The maximum atomic E-state index is 13.4. The van der Waals surface area contributed by atoms with Crippen LogP contribution in [0.3, 0.4) is 0 Å². The number of halogens is 1. The van der Waals surface area contributed by atoms with Gasteiger partial charge < -0.3 is 4.74 Å². The molecule has 5 aromatic rings. The zero-order valence-electron chi connectivity index (χ0n) is 18.9. The third-order valence-electron chi connectivity index (χ3n) is 5.54. The Kier molecular flexibility index (Phi) is 6.52. The van der Waals surface area contributed by atoms with E-state index in [1.54, 1.807) is 42.7 Å². The summed E-state index contributed by atoms with van der Waals surface area (Å²) in [5, 5.41) is 0.766. The molecule has 0 amide bonds. The van der Waals surface area contributed by atoms with Gasteiger partial charge in [-0.25, -0.2) is 13.4 Å². The van der Waals surface area contributed by atoms with E-state index >= 15 is 0 Å². The third kappa shape index (κ3) is 4.78. The van der Waals surface area contributed by atoms with Crippen LogP contribution in [0.2, 0.25) is 0 Å². The Morgan fingerprint density at radius 1 is 0.914 bits per heavy atom. The van der Waals surface area contributed by atoms with E-state index in [-0.39, 0.29) is 4.90 Å². The molecule has 0 saturated heterocycles. The molecule has 5 rings (SSSR count). The number of ether oxygens (including phenoxy) is 1. The number of hydrogen-bond donors (Lipinski definition) is 1. The second kappa shape index (κ2) is 9.60. The molecule has 0 saturated carbocycles. The molecule has 3 aromatic carbocycles. The van der Waals surface area contributed by atoms with Crippen molar-refractivity contribution in [3.05, 3.63) is 94.2 Å². The summed E-state index contributed by atoms with van der Waals surface area (Å²) in [5.41, 5.74) is 4.12. The standard InChI is InChI=1S/C27H21IN2O3S2/c1-17-14-23(30-35(31,32)22-13-7-11-20(28)16-22)25-24(19-10-6-12-21(15-19)33-2)26(34-27(25)29-17)18-8-4-3-5-9-18/h3-16H,1-2H3,(H,29,30). The van der Waals surface area contributed by atoms with Crippen molar-refractivity contribution in [3.63, 3.8) is 0 Å². The number of aromatic nitrogens is 1. The summed E-state index contributed by atoms with van der Waals surface area (Å²) in [4.78, 5) is 6.78. The second-order valence-corrected chi connectivity index (χ2v) is 11.9. The Balaban J connectivity index is 1.79. The minimum atomic E-state index is -3.81. The van der Waals surface area contributed by atoms with Crippen LogP contribution in [0.4, 0.5) is 5.69 Å². The predicted octanol–water partition coefficient (Wildman–Crippen LogP) is 7.35. The van der Waals surface area contributed by atoms with Crippen LogP contribution in [0, 0.1) is 10.5 Å². The first kappa shape index (κ1) is 23.8. The van der Waals surface area contributed by atoms with Crippen LogP contribution in [0.1, 0.15) is 5.69 Å². The fourth-order valence-corrected chi connectivity index (χ4v) is 7.12. The lowest BCUT2D eigenvalue weighted by Crippen LogP contribution is -2.13. The number of thiophene rings is 1. The van der Waals surface area contributed by atoms with E-state index in [0.717, 1.165) is 46.8 Å². The van der Waals surface area contributed by atoms with Crippen LogP contribution in [0.5, 0.6) is 5.75 Å². The summed E-state index contributed by atoms with van der Waals surface area (Å²) >= 11 is 3.66. The SMILES string of the molecule is COc1cccc(-c2c(-c3ccccc3)sc3nc(C)cc(NS(=O)(=O)c4cccc(I)c4)c23)c1. The number of aryl methyl sites for hydroxylation is 1. The molecule has 176 valence electrons. The van der Waals surface area contributed by atoms with Crippen molar-refractivity contribution in [1.29, 1.82) is 0 Å². The van der Waals surface area contributed by atoms with Crippen LogP contribution < -0.4 is 9.46 Å². The Morgan fingerprint density at radius 3 is 2.40 bits per heavy atom. The van der Waals surface area contributed by atoms with Gasteiger partial charge in [-0.3, -0.25) is 4.72 Å². The number of fused-ring (bicyclic) bond motifs is 1. The number of benzene rings is 3. The topological polar surface area (TPSA) is 68.3 Å². The van der Waals surface area contributed by atoms with Crippen molar-refractivity contribution in [2.75, 3.05) is 11.8 Å². The van der Waals surface area contributed by atoms with E-state index in [4.69, 9.17) is 9.72 Å². The molecule has 5 nitrogen and oxygen atoms in total. The summed E-state index contributed by atoms with van der Waals surface area (Å²) < 4.78 is 36.0. The first-order chi connectivity index (χ1) is 16.9. The molecule has 1 N–H and O–H groups in total. The van der Waals surface area contributed by atoms with Gasteiger partial charge in [-0.15, -0.1) is 11.3 Å². The lowest BCUT2D eigenvalue weighted by atomic mass is 9.98. The van der Waals surface area contributed by atoms with Crippen molar-refractivity contribution < 1.29 is 13.2 Å². The van der Waals surface area contributed by atoms with Crippen LogP contribution in [0.15, 0.2) is 89.8 Å². The van der Waals surface area contributed by atoms with Crippen molar-refractivity contribution in [1.82, 2.24) is 4.98 Å². The molecule has 0 fully saturated rings.